The number of nitrogens with zero attached hydrogens (tertiary/aromatic N) is 5. The van der Waals surface area contributed by atoms with E-state index in [1.54, 1.807) is 19.4 Å². The van der Waals surface area contributed by atoms with Crippen molar-refractivity contribution in [1.82, 2.24) is 24.6 Å². The van der Waals surface area contributed by atoms with Crippen LogP contribution in [0.4, 0.5) is 0 Å². The summed E-state index contributed by atoms with van der Waals surface area (Å²) in [7, 11) is 0. The van der Waals surface area contributed by atoms with E-state index < -0.39 is 0 Å². The number of likely N-dealkylation sites (tertiary alicyclic amines) is 1. The van der Waals surface area contributed by atoms with Crippen LogP contribution in [0.3, 0.4) is 0 Å². The highest BCUT2D eigenvalue weighted by atomic mass is 16.5. The number of rotatable bonds is 5. The van der Waals surface area contributed by atoms with Crippen LogP contribution in [-0.4, -0.2) is 43.6 Å². The normalized spacial score (nSPS) is 16.0. The van der Waals surface area contributed by atoms with Crippen LogP contribution in [-0.2, 0) is 4.79 Å². The van der Waals surface area contributed by atoms with Crippen molar-refractivity contribution in [3.63, 3.8) is 0 Å². The first-order valence-corrected chi connectivity index (χ1v) is 11.1. The molecule has 5 rings (SSSR count). The second kappa shape index (κ2) is 8.86. The van der Waals surface area contributed by atoms with Crippen LogP contribution in [0.15, 0.2) is 79.3 Å². The van der Waals surface area contributed by atoms with Crippen molar-refractivity contribution in [2.24, 2.45) is 0 Å². The summed E-state index contributed by atoms with van der Waals surface area (Å²) in [6.07, 6.45) is 5.19. The van der Waals surface area contributed by atoms with Gasteiger partial charge in [-0.1, -0.05) is 24.8 Å². The average molecular weight is 440 g/mol. The topological polar surface area (TPSA) is 73.1 Å². The number of carbonyl (C=O) groups is 1. The lowest BCUT2D eigenvalue weighted by Crippen LogP contribution is -2.41. The number of para-hydroxylation sites is 1. The minimum atomic E-state index is 0.0000147. The monoisotopic (exact) mass is 439 g/mol. The smallest absolute Gasteiger partial charge is 0.248 e. The summed E-state index contributed by atoms with van der Waals surface area (Å²) in [6, 6.07) is 17.6. The fourth-order valence-corrected chi connectivity index (χ4v) is 4.26. The van der Waals surface area contributed by atoms with Crippen molar-refractivity contribution in [2.45, 2.75) is 25.8 Å². The molecule has 0 bridgehead atoms. The Balaban J connectivity index is 1.45. The SMILES string of the molecule is C=C(C)C(=O)N1CCC[C@H](n2nc(-c3ccc(Oc4ccccc4)cc3)c3cncnc32)C1. The highest BCUT2D eigenvalue weighted by molar-refractivity contribution is 5.92. The second-order valence-corrected chi connectivity index (χ2v) is 8.32. The number of hydrogen-bond acceptors (Lipinski definition) is 5. The molecule has 7 heteroatoms. The van der Waals surface area contributed by atoms with Gasteiger partial charge in [0.2, 0.25) is 5.91 Å². The molecular formula is C26H25N5O2. The molecule has 0 saturated carbocycles. The summed E-state index contributed by atoms with van der Waals surface area (Å²) in [5.74, 6) is 1.55. The van der Waals surface area contributed by atoms with E-state index in [0.717, 1.165) is 53.2 Å². The van der Waals surface area contributed by atoms with Crippen LogP contribution < -0.4 is 4.74 Å². The summed E-state index contributed by atoms with van der Waals surface area (Å²) in [6.45, 7) is 6.90. The fourth-order valence-electron chi connectivity index (χ4n) is 4.26. The Morgan fingerprint density at radius 1 is 1.09 bits per heavy atom. The maximum absolute atomic E-state index is 12.5. The van der Waals surface area contributed by atoms with E-state index in [-0.39, 0.29) is 11.9 Å². The molecule has 0 radical (unpaired) electrons. The quantitative estimate of drug-likeness (QED) is 0.408. The van der Waals surface area contributed by atoms with Gasteiger partial charge < -0.3 is 9.64 Å². The van der Waals surface area contributed by atoms with Crippen molar-refractivity contribution in [3.8, 4) is 22.8 Å². The van der Waals surface area contributed by atoms with Crippen LogP contribution in [0.25, 0.3) is 22.3 Å². The molecule has 0 unspecified atom stereocenters. The van der Waals surface area contributed by atoms with Crippen molar-refractivity contribution in [1.29, 1.82) is 0 Å². The molecule has 0 spiro atoms. The van der Waals surface area contributed by atoms with Crippen LogP contribution in [0.1, 0.15) is 25.8 Å². The molecule has 0 N–H and O–H groups in total. The standard InChI is InChI=1S/C26H25N5O2/c1-18(2)26(32)30-14-6-7-20(16-30)31-25-23(15-27-17-28-25)24(29-31)19-10-12-22(13-11-19)33-21-8-4-3-5-9-21/h3-5,8-13,15,17,20H,1,6-7,14,16H2,2H3/t20-/m0/s1. The van der Waals surface area contributed by atoms with Crippen LogP contribution in [0, 0.1) is 0 Å². The minimum absolute atomic E-state index is 0.0000147. The number of aromatic nitrogens is 4. The first-order chi connectivity index (χ1) is 16.1. The summed E-state index contributed by atoms with van der Waals surface area (Å²) < 4.78 is 7.87. The third kappa shape index (κ3) is 4.22. The number of benzene rings is 2. The molecular weight excluding hydrogens is 414 g/mol. The lowest BCUT2D eigenvalue weighted by atomic mass is 10.0. The maximum Gasteiger partial charge on any atom is 0.248 e. The van der Waals surface area contributed by atoms with Crippen LogP contribution >= 0.6 is 0 Å². The molecule has 2 aromatic carbocycles. The van der Waals surface area contributed by atoms with Gasteiger partial charge in [0.15, 0.2) is 5.65 Å². The van der Waals surface area contributed by atoms with E-state index in [9.17, 15) is 4.79 Å². The second-order valence-electron chi connectivity index (χ2n) is 8.32. The van der Waals surface area contributed by atoms with Crippen LogP contribution in [0.2, 0.25) is 0 Å². The Hall–Kier alpha value is -4.00. The van der Waals surface area contributed by atoms with E-state index >= 15 is 0 Å². The van der Waals surface area contributed by atoms with Gasteiger partial charge in [-0.3, -0.25) is 4.79 Å². The van der Waals surface area contributed by atoms with E-state index in [1.165, 1.54) is 0 Å². The van der Waals surface area contributed by atoms with Crippen molar-refractivity contribution in [2.75, 3.05) is 13.1 Å². The van der Waals surface area contributed by atoms with Gasteiger partial charge >= 0.3 is 0 Å². The Morgan fingerprint density at radius 3 is 2.61 bits per heavy atom. The number of piperidine rings is 1. The van der Waals surface area contributed by atoms with E-state index in [2.05, 4.69) is 16.5 Å². The van der Waals surface area contributed by atoms with Gasteiger partial charge in [0.05, 0.1) is 11.4 Å². The zero-order valence-corrected chi connectivity index (χ0v) is 18.5. The number of carbonyl (C=O) groups excluding carboxylic acids is 1. The van der Waals surface area contributed by atoms with E-state index in [0.29, 0.717) is 12.1 Å². The fraction of sp³-hybridized carbons (Fsp3) is 0.231. The summed E-state index contributed by atoms with van der Waals surface area (Å²) in [4.78, 5) is 23.1. The van der Waals surface area contributed by atoms with Crippen molar-refractivity contribution in [3.05, 3.63) is 79.3 Å². The number of amides is 1. The lowest BCUT2D eigenvalue weighted by Gasteiger charge is -2.33. The molecule has 1 saturated heterocycles. The number of fused-ring (bicyclic) bond motifs is 1. The zero-order chi connectivity index (χ0) is 22.8. The lowest BCUT2D eigenvalue weighted by molar-refractivity contribution is -0.128. The average Bonchev–Trinajstić information content (AvgIpc) is 3.24. The molecule has 2 aromatic heterocycles. The molecule has 1 aliphatic heterocycles. The highest BCUT2D eigenvalue weighted by Crippen LogP contribution is 2.32. The predicted octanol–water partition coefficient (Wildman–Crippen LogP) is 5.03. The summed E-state index contributed by atoms with van der Waals surface area (Å²) in [5, 5.41) is 5.84. The van der Waals surface area contributed by atoms with Crippen molar-refractivity contribution < 1.29 is 9.53 Å². The van der Waals surface area contributed by atoms with Gasteiger partial charge in [-0.05, 0) is 56.2 Å². The molecule has 7 nitrogen and oxygen atoms in total. The predicted molar refractivity (Wildman–Crippen MR) is 127 cm³/mol. The Morgan fingerprint density at radius 2 is 1.85 bits per heavy atom. The van der Waals surface area contributed by atoms with Gasteiger partial charge in [-0.2, -0.15) is 5.10 Å². The van der Waals surface area contributed by atoms with Gasteiger partial charge in [0, 0.05) is 30.4 Å². The van der Waals surface area contributed by atoms with Gasteiger partial charge in [-0.25, -0.2) is 14.6 Å². The number of hydrogen-bond donors (Lipinski definition) is 0. The molecule has 33 heavy (non-hydrogen) atoms. The zero-order valence-electron chi connectivity index (χ0n) is 18.5. The molecule has 1 fully saturated rings. The van der Waals surface area contributed by atoms with Gasteiger partial charge in [0.1, 0.15) is 23.5 Å². The van der Waals surface area contributed by atoms with E-state index in [1.807, 2.05) is 64.2 Å². The van der Waals surface area contributed by atoms with Crippen molar-refractivity contribution >= 4 is 16.9 Å². The molecule has 4 aromatic rings. The maximum atomic E-state index is 12.5. The molecule has 0 aliphatic carbocycles. The summed E-state index contributed by atoms with van der Waals surface area (Å²) in [5.41, 5.74) is 3.11. The van der Waals surface area contributed by atoms with Gasteiger partial charge in [-0.15, -0.1) is 0 Å². The largest absolute Gasteiger partial charge is 0.457 e. The first kappa shape index (κ1) is 20.9. The summed E-state index contributed by atoms with van der Waals surface area (Å²) >= 11 is 0. The number of ether oxygens (including phenoxy) is 1. The first-order valence-electron chi connectivity index (χ1n) is 11.1. The Bertz CT molecular complexity index is 1300. The molecule has 1 aliphatic rings. The Labute approximate surface area is 192 Å². The van der Waals surface area contributed by atoms with E-state index in [4.69, 9.17) is 9.84 Å². The minimum Gasteiger partial charge on any atom is -0.457 e. The third-order valence-electron chi connectivity index (χ3n) is 5.87. The third-order valence-corrected chi connectivity index (χ3v) is 5.87. The van der Waals surface area contributed by atoms with Gasteiger partial charge in [0.25, 0.3) is 0 Å². The van der Waals surface area contributed by atoms with Crippen LogP contribution in [0.5, 0.6) is 11.5 Å². The molecule has 1 amide bonds. The molecule has 1 atom stereocenters. The highest BCUT2D eigenvalue weighted by Gasteiger charge is 2.28. The molecule has 3 heterocycles. The molecule has 166 valence electrons. The Kier molecular flexibility index (Phi) is 5.60.